The van der Waals surface area contributed by atoms with Gasteiger partial charge < -0.3 is 19.3 Å². The first-order chi connectivity index (χ1) is 18.1. The van der Waals surface area contributed by atoms with E-state index in [1.54, 1.807) is 0 Å². The summed E-state index contributed by atoms with van der Waals surface area (Å²) < 4.78 is 85.5. The van der Waals surface area contributed by atoms with Crippen LogP contribution >= 0.6 is 10.2 Å². The van der Waals surface area contributed by atoms with Gasteiger partial charge in [0.15, 0.2) is 0 Å². The lowest BCUT2D eigenvalue weighted by molar-refractivity contribution is -0.122. The Labute approximate surface area is 224 Å². The minimum Gasteiger partial charge on any atom is -0.388 e. The zero-order chi connectivity index (χ0) is 27.9. The van der Waals surface area contributed by atoms with Crippen LogP contribution in [0.2, 0.25) is 0 Å². The predicted octanol–water partition coefficient (Wildman–Crippen LogP) is 7.76. The number of aromatic nitrogens is 1. The van der Waals surface area contributed by atoms with Gasteiger partial charge >= 0.3 is 10.2 Å². The molecule has 4 aliphatic rings. The number of nitrogens with zero attached hydrogens (tertiary/aromatic N) is 1. The van der Waals surface area contributed by atoms with Crippen molar-refractivity contribution in [2.45, 2.75) is 81.0 Å². The van der Waals surface area contributed by atoms with Crippen molar-refractivity contribution >= 4 is 10.2 Å². The average Bonchev–Trinajstić information content (AvgIpc) is 3.16. The molecule has 1 aromatic carbocycles. The van der Waals surface area contributed by atoms with Crippen molar-refractivity contribution in [3.05, 3.63) is 57.9 Å². The molecule has 0 bridgehead atoms. The van der Waals surface area contributed by atoms with Gasteiger partial charge in [0.1, 0.15) is 11.0 Å². The summed E-state index contributed by atoms with van der Waals surface area (Å²) in [7, 11) is -9.82. The van der Waals surface area contributed by atoms with Crippen molar-refractivity contribution < 1.29 is 38.7 Å². The van der Waals surface area contributed by atoms with Gasteiger partial charge in [-0.05, 0) is 54.4 Å². The summed E-state index contributed by atoms with van der Waals surface area (Å²) in [5.74, 6) is 0.0463. The van der Waals surface area contributed by atoms with Crippen LogP contribution in [-0.4, -0.2) is 36.5 Å². The largest absolute Gasteiger partial charge is 0.388 e. The SMILES string of the molecule is CC1(C)Cc2nc(C3CCOCC3)c3c(c2[C@@H](O)C1)C1(CCOCC1)O[C@@H]3c1ccc(S(F)(F)(F)(F)F)cc1. The number of aliphatic hydroxyl groups excluding tert-OH is 1. The first-order valence-electron chi connectivity index (χ1n) is 13.5. The molecular weight excluding hydrogens is 541 g/mol. The van der Waals surface area contributed by atoms with Gasteiger partial charge in [0.25, 0.3) is 0 Å². The zero-order valence-electron chi connectivity index (χ0n) is 22.0. The van der Waals surface area contributed by atoms with Gasteiger partial charge in [-0.2, -0.15) is 0 Å². The molecule has 1 N–H and O–H groups in total. The predicted molar refractivity (Wildman–Crippen MR) is 137 cm³/mol. The summed E-state index contributed by atoms with van der Waals surface area (Å²) in [5.41, 5.74) is 3.44. The smallest absolute Gasteiger partial charge is 0.310 e. The molecule has 216 valence electrons. The van der Waals surface area contributed by atoms with Crippen LogP contribution < -0.4 is 0 Å². The number of aliphatic hydroxyl groups is 1. The van der Waals surface area contributed by atoms with Crippen LogP contribution in [0.1, 0.15) is 97.7 Å². The average molecular weight is 576 g/mol. The summed E-state index contributed by atoms with van der Waals surface area (Å²) in [5, 5.41) is 11.5. The molecule has 0 unspecified atom stereocenters. The van der Waals surface area contributed by atoms with E-state index in [1.165, 1.54) is 0 Å². The van der Waals surface area contributed by atoms with Crippen molar-refractivity contribution in [1.29, 1.82) is 0 Å². The molecule has 0 saturated carbocycles. The maximum absolute atomic E-state index is 13.5. The topological polar surface area (TPSA) is 60.8 Å². The number of pyridine rings is 1. The molecular formula is C28H34F5NO4S. The van der Waals surface area contributed by atoms with Crippen LogP contribution in [0, 0.1) is 5.41 Å². The highest BCUT2D eigenvalue weighted by atomic mass is 32.5. The number of benzene rings is 1. The summed E-state index contributed by atoms with van der Waals surface area (Å²) >= 11 is 0. The molecule has 4 heterocycles. The second-order valence-electron chi connectivity index (χ2n) is 12.2. The Balaban J connectivity index is 1.57. The number of fused-ring (bicyclic) bond motifs is 4. The number of hydrogen-bond donors (Lipinski definition) is 1. The van der Waals surface area contributed by atoms with E-state index in [0.717, 1.165) is 53.1 Å². The lowest BCUT2D eigenvalue weighted by atomic mass is 9.69. The summed E-state index contributed by atoms with van der Waals surface area (Å²) in [6, 6.07) is 3.08. The van der Waals surface area contributed by atoms with Crippen molar-refractivity contribution in [3.63, 3.8) is 0 Å². The minimum absolute atomic E-state index is 0.0463. The molecule has 3 aliphatic heterocycles. The highest BCUT2D eigenvalue weighted by Crippen LogP contribution is 3.02. The Hall–Kier alpha value is -1.79. The van der Waals surface area contributed by atoms with E-state index in [-0.39, 0.29) is 11.3 Å². The molecule has 1 aromatic heterocycles. The standard InChI is InChI=1S/C28H34F5NO4S/c1-27(2)15-20-22(21(35)16-27)24-23(25(34-20)17-7-11-36-12-8-17)26(38-28(24)9-13-37-14-10-28)18-3-5-19(6-4-18)39(29,30,31,32)33/h3-6,17,21,26,35H,7-16H2,1-2H3/t21-,26+/m0/s1. The summed E-state index contributed by atoms with van der Waals surface area (Å²) in [6.07, 6.45) is 2.14. The second-order valence-corrected chi connectivity index (χ2v) is 14.6. The van der Waals surface area contributed by atoms with Crippen molar-refractivity contribution in [2.75, 3.05) is 26.4 Å². The molecule has 5 nitrogen and oxygen atoms in total. The first kappa shape index (κ1) is 27.4. The molecule has 11 heteroatoms. The summed E-state index contributed by atoms with van der Waals surface area (Å²) in [6.45, 7) is 6.20. The van der Waals surface area contributed by atoms with Gasteiger partial charge in [0.2, 0.25) is 0 Å². The van der Waals surface area contributed by atoms with E-state index in [9.17, 15) is 24.5 Å². The fraction of sp³-hybridized carbons (Fsp3) is 0.607. The quantitative estimate of drug-likeness (QED) is 0.379. The Morgan fingerprint density at radius 1 is 0.897 bits per heavy atom. The van der Waals surface area contributed by atoms with Crippen LogP contribution in [0.3, 0.4) is 0 Å². The van der Waals surface area contributed by atoms with Crippen LogP contribution in [0.15, 0.2) is 29.2 Å². The molecule has 0 radical (unpaired) electrons. The van der Waals surface area contributed by atoms with E-state index in [4.69, 9.17) is 19.2 Å². The Morgan fingerprint density at radius 2 is 1.51 bits per heavy atom. The Kier molecular flexibility index (Phi) is 5.88. The van der Waals surface area contributed by atoms with E-state index in [2.05, 4.69) is 13.8 Å². The molecule has 2 atom stereocenters. The maximum Gasteiger partial charge on any atom is 0.310 e. The van der Waals surface area contributed by atoms with Gasteiger partial charge in [-0.25, -0.2) is 0 Å². The molecule has 1 aliphatic carbocycles. The highest BCUT2D eigenvalue weighted by Gasteiger charge is 2.65. The molecule has 6 rings (SSSR count). The summed E-state index contributed by atoms with van der Waals surface area (Å²) in [4.78, 5) is 3.24. The normalized spacial score (nSPS) is 28.4. The Bertz CT molecular complexity index is 1290. The number of hydrogen-bond acceptors (Lipinski definition) is 5. The van der Waals surface area contributed by atoms with Crippen molar-refractivity contribution in [3.8, 4) is 0 Å². The molecule has 1 spiro atoms. The molecule has 39 heavy (non-hydrogen) atoms. The monoisotopic (exact) mass is 575 g/mol. The number of rotatable bonds is 3. The van der Waals surface area contributed by atoms with Crippen LogP contribution in [-0.2, 0) is 26.2 Å². The van der Waals surface area contributed by atoms with E-state index < -0.39 is 32.9 Å². The van der Waals surface area contributed by atoms with E-state index in [1.807, 2.05) is 0 Å². The van der Waals surface area contributed by atoms with Gasteiger partial charge in [-0.3, -0.25) is 4.98 Å². The number of ether oxygens (including phenoxy) is 3. The van der Waals surface area contributed by atoms with Crippen LogP contribution in [0.5, 0.6) is 0 Å². The van der Waals surface area contributed by atoms with Crippen LogP contribution in [0.25, 0.3) is 0 Å². The lowest BCUT2D eigenvalue weighted by Gasteiger charge is -2.40. The number of halogens is 5. The third kappa shape index (κ3) is 4.88. The molecule has 2 aromatic rings. The fourth-order valence-electron chi connectivity index (χ4n) is 6.91. The molecule has 2 fully saturated rings. The lowest BCUT2D eigenvalue weighted by Crippen LogP contribution is -2.37. The van der Waals surface area contributed by atoms with Gasteiger partial charge in [-0.15, -0.1) is 0 Å². The van der Waals surface area contributed by atoms with Crippen molar-refractivity contribution in [2.24, 2.45) is 5.41 Å². The van der Waals surface area contributed by atoms with Gasteiger partial charge in [-0.1, -0.05) is 45.4 Å². The van der Waals surface area contributed by atoms with E-state index >= 15 is 0 Å². The fourth-order valence-corrected chi connectivity index (χ4v) is 7.56. The first-order valence-corrected chi connectivity index (χ1v) is 15.4. The Morgan fingerprint density at radius 3 is 2.13 bits per heavy atom. The zero-order valence-corrected chi connectivity index (χ0v) is 22.8. The second kappa shape index (κ2) is 8.38. The van der Waals surface area contributed by atoms with Gasteiger partial charge in [0, 0.05) is 62.0 Å². The maximum atomic E-state index is 13.5. The molecule has 2 saturated heterocycles. The van der Waals surface area contributed by atoms with E-state index in [0.29, 0.717) is 69.8 Å². The molecule has 0 amide bonds. The minimum atomic E-state index is -9.82. The highest BCUT2D eigenvalue weighted by molar-refractivity contribution is 8.45. The third-order valence-corrected chi connectivity index (χ3v) is 9.87. The third-order valence-electron chi connectivity index (χ3n) is 8.70. The van der Waals surface area contributed by atoms with Crippen LogP contribution in [0.4, 0.5) is 19.4 Å². The van der Waals surface area contributed by atoms with Gasteiger partial charge in [0.05, 0.1) is 17.4 Å². The van der Waals surface area contributed by atoms with Crippen molar-refractivity contribution in [1.82, 2.24) is 4.98 Å².